The summed E-state index contributed by atoms with van der Waals surface area (Å²) in [5, 5.41) is 0. The van der Waals surface area contributed by atoms with Gasteiger partial charge in [-0.3, -0.25) is 4.79 Å². The average Bonchev–Trinajstić information content (AvgIpc) is 3.07. The van der Waals surface area contributed by atoms with Crippen LogP contribution in [-0.2, 0) is 17.8 Å². The van der Waals surface area contributed by atoms with E-state index < -0.39 is 0 Å². The summed E-state index contributed by atoms with van der Waals surface area (Å²) in [6.07, 6.45) is 0.700. The minimum Gasteiger partial charge on any atom is -0.494 e. The second-order valence-electron chi connectivity index (χ2n) is 5.94. The number of carbonyl (C=O) groups excluding carboxylic acids is 1. The van der Waals surface area contributed by atoms with Crippen LogP contribution in [0.2, 0.25) is 0 Å². The maximum Gasteiger partial charge on any atom is 0.321 e. The standard InChI is InChI=1S/C21H23N3O3/c1-3-19-20(16-9-11-18(12-10-16)26-4-2)24(27-14-25)21(23-19)17-7-5-15(13-22)6-8-17/h5-12,14H,3-4,13,22H2,1-2H3. The summed E-state index contributed by atoms with van der Waals surface area (Å²) in [5.74, 6) is 1.37. The first-order chi connectivity index (χ1) is 13.2. The number of carbonyl (C=O) groups is 1. The van der Waals surface area contributed by atoms with Gasteiger partial charge in [0, 0.05) is 17.7 Å². The van der Waals surface area contributed by atoms with Crippen LogP contribution in [0.15, 0.2) is 48.5 Å². The molecule has 0 saturated carbocycles. The fourth-order valence-corrected chi connectivity index (χ4v) is 2.97. The lowest BCUT2D eigenvalue weighted by molar-refractivity contribution is -0.128. The summed E-state index contributed by atoms with van der Waals surface area (Å²) in [6.45, 7) is 5.45. The molecule has 0 fully saturated rings. The molecule has 0 unspecified atom stereocenters. The van der Waals surface area contributed by atoms with E-state index in [1.165, 1.54) is 4.73 Å². The van der Waals surface area contributed by atoms with E-state index in [1.54, 1.807) is 0 Å². The van der Waals surface area contributed by atoms with E-state index >= 15 is 0 Å². The summed E-state index contributed by atoms with van der Waals surface area (Å²) < 4.78 is 6.99. The lowest BCUT2D eigenvalue weighted by Gasteiger charge is -2.10. The molecule has 0 spiro atoms. The van der Waals surface area contributed by atoms with Gasteiger partial charge in [-0.1, -0.05) is 31.2 Å². The van der Waals surface area contributed by atoms with Crippen LogP contribution in [0, 0.1) is 0 Å². The lowest BCUT2D eigenvalue weighted by atomic mass is 10.1. The van der Waals surface area contributed by atoms with Crippen LogP contribution >= 0.6 is 0 Å². The van der Waals surface area contributed by atoms with E-state index in [4.69, 9.17) is 20.3 Å². The van der Waals surface area contributed by atoms with E-state index in [2.05, 4.69) is 0 Å². The molecular formula is C21H23N3O3. The third-order valence-corrected chi connectivity index (χ3v) is 4.28. The zero-order valence-corrected chi connectivity index (χ0v) is 15.5. The third kappa shape index (κ3) is 3.85. The number of ether oxygens (including phenoxy) is 1. The van der Waals surface area contributed by atoms with E-state index in [-0.39, 0.29) is 0 Å². The number of hydrogen-bond donors (Lipinski definition) is 1. The first-order valence-corrected chi connectivity index (χ1v) is 8.96. The van der Waals surface area contributed by atoms with Gasteiger partial charge < -0.3 is 15.3 Å². The monoisotopic (exact) mass is 365 g/mol. The van der Waals surface area contributed by atoms with Crippen molar-refractivity contribution < 1.29 is 14.4 Å². The first kappa shape index (κ1) is 18.7. The van der Waals surface area contributed by atoms with Crippen LogP contribution in [0.4, 0.5) is 0 Å². The van der Waals surface area contributed by atoms with Gasteiger partial charge in [0.2, 0.25) is 0 Å². The molecule has 140 valence electrons. The summed E-state index contributed by atoms with van der Waals surface area (Å²) in [5.41, 5.74) is 10.0. The van der Waals surface area contributed by atoms with Gasteiger partial charge in [-0.2, -0.15) is 4.73 Å². The van der Waals surface area contributed by atoms with Crippen molar-refractivity contribution in [2.45, 2.75) is 26.8 Å². The molecule has 6 nitrogen and oxygen atoms in total. The molecule has 3 aromatic rings. The molecule has 0 aliphatic carbocycles. The first-order valence-electron chi connectivity index (χ1n) is 8.96. The Morgan fingerprint density at radius 2 is 1.70 bits per heavy atom. The molecule has 0 amide bonds. The van der Waals surface area contributed by atoms with Crippen molar-refractivity contribution >= 4 is 6.47 Å². The Morgan fingerprint density at radius 3 is 2.26 bits per heavy atom. The molecule has 27 heavy (non-hydrogen) atoms. The van der Waals surface area contributed by atoms with Gasteiger partial charge in [0.25, 0.3) is 0 Å². The fraction of sp³-hybridized carbons (Fsp3) is 0.238. The van der Waals surface area contributed by atoms with Crippen molar-refractivity contribution in [1.29, 1.82) is 0 Å². The molecule has 2 aromatic carbocycles. The van der Waals surface area contributed by atoms with Crippen LogP contribution < -0.4 is 15.3 Å². The molecule has 0 saturated heterocycles. The summed E-state index contributed by atoms with van der Waals surface area (Å²) in [7, 11) is 0. The van der Waals surface area contributed by atoms with Gasteiger partial charge in [0.05, 0.1) is 12.3 Å². The van der Waals surface area contributed by atoms with Crippen molar-refractivity contribution in [2.75, 3.05) is 6.61 Å². The van der Waals surface area contributed by atoms with Crippen LogP contribution in [0.25, 0.3) is 22.6 Å². The normalized spacial score (nSPS) is 10.6. The predicted octanol–water partition coefficient (Wildman–Crippen LogP) is 3.22. The number of nitrogens with two attached hydrogens (primary N) is 1. The zero-order valence-electron chi connectivity index (χ0n) is 15.5. The third-order valence-electron chi connectivity index (χ3n) is 4.28. The maximum absolute atomic E-state index is 11.2. The molecule has 3 rings (SSSR count). The highest BCUT2D eigenvalue weighted by Crippen LogP contribution is 2.31. The topological polar surface area (TPSA) is 79.4 Å². The largest absolute Gasteiger partial charge is 0.494 e. The molecule has 0 bridgehead atoms. The molecular weight excluding hydrogens is 342 g/mol. The average molecular weight is 365 g/mol. The summed E-state index contributed by atoms with van der Waals surface area (Å²) >= 11 is 0. The van der Waals surface area contributed by atoms with Crippen molar-refractivity contribution in [3.05, 3.63) is 59.8 Å². The van der Waals surface area contributed by atoms with Gasteiger partial charge in [-0.15, -0.1) is 0 Å². The zero-order chi connectivity index (χ0) is 19.2. The van der Waals surface area contributed by atoms with Crippen LogP contribution in [0.5, 0.6) is 5.75 Å². The summed E-state index contributed by atoms with van der Waals surface area (Å²) in [4.78, 5) is 21.2. The second-order valence-corrected chi connectivity index (χ2v) is 5.94. The number of rotatable bonds is 8. The van der Waals surface area contributed by atoms with Crippen molar-refractivity contribution in [1.82, 2.24) is 9.71 Å². The highest BCUT2D eigenvalue weighted by atomic mass is 16.7. The maximum atomic E-state index is 11.2. The Hall–Kier alpha value is -3.12. The number of aromatic nitrogens is 2. The van der Waals surface area contributed by atoms with Crippen molar-refractivity contribution in [3.8, 4) is 28.4 Å². The highest BCUT2D eigenvalue weighted by molar-refractivity contribution is 5.69. The lowest BCUT2D eigenvalue weighted by Crippen LogP contribution is -2.12. The Morgan fingerprint density at radius 1 is 1.04 bits per heavy atom. The quantitative estimate of drug-likeness (QED) is 0.620. The van der Waals surface area contributed by atoms with Crippen LogP contribution in [0.3, 0.4) is 0 Å². The van der Waals surface area contributed by atoms with E-state index in [9.17, 15) is 4.79 Å². The van der Waals surface area contributed by atoms with E-state index in [1.807, 2.05) is 62.4 Å². The molecule has 1 heterocycles. The minimum absolute atomic E-state index is 0.414. The SMILES string of the molecule is CCOc1ccc(-c2c(CC)nc(-c3ccc(CN)cc3)n2OC=O)cc1. The molecule has 0 atom stereocenters. The van der Waals surface area contributed by atoms with Crippen LogP contribution in [-0.4, -0.2) is 22.8 Å². The highest BCUT2D eigenvalue weighted by Gasteiger charge is 2.20. The predicted molar refractivity (Wildman–Crippen MR) is 104 cm³/mol. The Labute approximate surface area is 158 Å². The Balaban J connectivity index is 2.11. The minimum atomic E-state index is 0.414. The molecule has 0 radical (unpaired) electrons. The Kier molecular flexibility index (Phi) is 5.88. The van der Waals surface area contributed by atoms with Gasteiger partial charge in [0.1, 0.15) is 11.4 Å². The number of nitrogens with zero attached hydrogens (tertiary/aromatic N) is 2. The fourth-order valence-electron chi connectivity index (χ4n) is 2.97. The Bertz CT molecular complexity index is 900. The van der Waals surface area contributed by atoms with Crippen molar-refractivity contribution in [2.24, 2.45) is 5.73 Å². The smallest absolute Gasteiger partial charge is 0.321 e. The molecule has 1 aromatic heterocycles. The number of hydrogen-bond acceptors (Lipinski definition) is 5. The van der Waals surface area contributed by atoms with Gasteiger partial charge >= 0.3 is 6.47 Å². The van der Waals surface area contributed by atoms with E-state index in [0.29, 0.717) is 31.9 Å². The molecule has 2 N–H and O–H groups in total. The van der Waals surface area contributed by atoms with Crippen LogP contribution in [0.1, 0.15) is 25.1 Å². The molecule has 6 heteroatoms. The van der Waals surface area contributed by atoms with Gasteiger partial charge in [0.15, 0.2) is 5.82 Å². The van der Waals surface area contributed by atoms with Gasteiger partial charge in [-0.05, 0) is 43.2 Å². The number of benzene rings is 2. The number of imidazole rings is 1. The summed E-state index contributed by atoms with van der Waals surface area (Å²) in [6, 6.07) is 15.4. The molecule has 0 aliphatic heterocycles. The number of aryl methyl sites for hydroxylation is 1. The van der Waals surface area contributed by atoms with E-state index in [0.717, 1.165) is 33.8 Å². The molecule has 0 aliphatic rings. The van der Waals surface area contributed by atoms with Crippen molar-refractivity contribution in [3.63, 3.8) is 0 Å². The second kappa shape index (κ2) is 8.51. The van der Waals surface area contributed by atoms with Gasteiger partial charge in [-0.25, -0.2) is 4.98 Å².